The Labute approximate surface area is 104 Å². The quantitative estimate of drug-likeness (QED) is 0.507. The third kappa shape index (κ3) is 4.52. The van der Waals surface area contributed by atoms with Crippen molar-refractivity contribution in [3.63, 3.8) is 0 Å². The molecular weight excluding hydrogens is 216 g/mol. The minimum atomic E-state index is 0.790. The van der Waals surface area contributed by atoms with E-state index in [4.69, 9.17) is 12.2 Å². The average molecular weight is 240 g/mol. The second kappa shape index (κ2) is 7.66. The van der Waals surface area contributed by atoms with E-state index in [1.165, 1.54) is 49.9 Å². The Morgan fingerprint density at radius 2 is 1.25 bits per heavy atom. The van der Waals surface area contributed by atoms with Crippen molar-refractivity contribution in [2.45, 2.75) is 65.2 Å². The molecule has 0 aliphatic heterocycles. The number of imidazole rings is 1. The second-order valence-corrected chi connectivity index (χ2v) is 4.86. The molecule has 0 saturated carbocycles. The zero-order chi connectivity index (χ0) is 11.8. The molecule has 0 fully saturated rings. The van der Waals surface area contributed by atoms with Crippen molar-refractivity contribution >= 4 is 12.2 Å². The van der Waals surface area contributed by atoms with Crippen LogP contribution in [-0.4, -0.2) is 9.97 Å². The van der Waals surface area contributed by atoms with Gasteiger partial charge in [0, 0.05) is 11.4 Å². The summed E-state index contributed by atoms with van der Waals surface area (Å²) in [5, 5.41) is 0. The standard InChI is InChI=1S/C13H24N2S/c1-3-5-7-9-11-12(10-8-6-4-2)15-13(16)14-11/h3-10H2,1-2H3,(H2,14,15,16). The van der Waals surface area contributed by atoms with Crippen LogP contribution < -0.4 is 0 Å². The molecule has 2 nitrogen and oxygen atoms in total. The first-order valence-corrected chi connectivity index (χ1v) is 6.98. The van der Waals surface area contributed by atoms with E-state index in [2.05, 4.69) is 23.8 Å². The fourth-order valence-electron chi connectivity index (χ4n) is 1.99. The number of unbranched alkanes of at least 4 members (excludes halogenated alkanes) is 4. The van der Waals surface area contributed by atoms with Gasteiger partial charge in [0.1, 0.15) is 0 Å². The smallest absolute Gasteiger partial charge is 0.174 e. The summed E-state index contributed by atoms with van der Waals surface area (Å²) in [6, 6.07) is 0. The van der Waals surface area contributed by atoms with Gasteiger partial charge in [0.05, 0.1) is 0 Å². The molecule has 0 aromatic carbocycles. The Hall–Kier alpha value is -0.570. The zero-order valence-electron chi connectivity index (χ0n) is 10.6. The average Bonchev–Trinajstić information content (AvgIpc) is 2.60. The summed E-state index contributed by atoms with van der Waals surface area (Å²) >= 11 is 5.17. The summed E-state index contributed by atoms with van der Waals surface area (Å²) < 4.78 is 0.790. The van der Waals surface area contributed by atoms with E-state index in [1.807, 2.05) is 0 Å². The third-order valence-corrected chi connectivity index (χ3v) is 3.16. The number of hydrogen-bond acceptors (Lipinski definition) is 1. The number of aromatic amines is 2. The summed E-state index contributed by atoms with van der Waals surface area (Å²) in [7, 11) is 0. The van der Waals surface area contributed by atoms with Gasteiger partial charge in [-0.15, -0.1) is 0 Å². The summed E-state index contributed by atoms with van der Waals surface area (Å²) in [5.74, 6) is 0. The highest BCUT2D eigenvalue weighted by Crippen LogP contribution is 2.12. The maximum absolute atomic E-state index is 5.17. The van der Waals surface area contributed by atoms with E-state index < -0.39 is 0 Å². The first-order valence-electron chi connectivity index (χ1n) is 6.58. The number of H-pyrrole nitrogens is 2. The first-order chi connectivity index (χ1) is 7.77. The van der Waals surface area contributed by atoms with Crippen molar-refractivity contribution in [2.24, 2.45) is 0 Å². The summed E-state index contributed by atoms with van der Waals surface area (Å²) in [4.78, 5) is 6.58. The molecule has 0 amide bonds. The molecule has 1 heterocycles. The summed E-state index contributed by atoms with van der Waals surface area (Å²) in [6.07, 6.45) is 9.97. The van der Waals surface area contributed by atoms with Crippen molar-refractivity contribution in [3.05, 3.63) is 16.2 Å². The minimum Gasteiger partial charge on any atom is -0.334 e. The van der Waals surface area contributed by atoms with Crippen LogP contribution in [0.3, 0.4) is 0 Å². The van der Waals surface area contributed by atoms with Crippen LogP contribution in [0.4, 0.5) is 0 Å². The molecule has 2 N–H and O–H groups in total. The van der Waals surface area contributed by atoms with E-state index in [1.54, 1.807) is 0 Å². The number of rotatable bonds is 8. The van der Waals surface area contributed by atoms with Crippen molar-refractivity contribution in [2.75, 3.05) is 0 Å². The van der Waals surface area contributed by atoms with Crippen molar-refractivity contribution < 1.29 is 0 Å². The molecule has 0 aliphatic rings. The largest absolute Gasteiger partial charge is 0.334 e. The minimum absolute atomic E-state index is 0.790. The lowest BCUT2D eigenvalue weighted by Gasteiger charge is -2.02. The van der Waals surface area contributed by atoms with Crippen molar-refractivity contribution in [3.8, 4) is 0 Å². The Morgan fingerprint density at radius 3 is 1.62 bits per heavy atom. The molecule has 3 heteroatoms. The monoisotopic (exact) mass is 240 g/mol. The van der Waals surface area contributed by atoms with E-state index in [0.717, 1.165) is 17.6 Å². The van der Waals surface area contributed by atoms with Crippen LogP contribution in [-0.2, 0) is 12.8 Å². The summed E-state index contributed by atoms with van der Waals surface area (Å²) in [6.45, 7) is 4.48. The molecule has 1 rings (SSSR count). The number of aromatic nitrogens is 2. The van der Waals surface area contributed by atoms with Crippen LogP contribution in [0.5, 0.6) is 0 Å². The third-order valence-electron chi connectivity index (χ3n) is 2.95. The van der Waals surface area contributed by atoms with Gasteiger partial charge in [-0.05, 0) is 37.9 Å². The van der Waals surface area contributed by atoms with Gasteiger partial charge in [0.25, 0.3) is 0 Å². The van der Waals surface area contributed by atoms with Gasteiger partial charge < -0.3 is 9.97 Å². The predicted octanol–water partition coefficient (Wildman–Crippen LogP) is 4.54. The van der Waals surface area contributed by atoms with Crippen LogP contribution in [0.2, 0.25) is 0 Å². The van der Waals surface area contributed by atoms with Gasteiger partial charge in [0.15, 0.2) is 4.77 Å². The highest BCUT2D eigenvalue weighted by atomic mass is 32.1. The molecule has 0 unspecified atom stereocenters. The zero-order valence-corrected chi connectivity index (χ0v) is 11.4. The topological polar surface area (TPSA) is 31.6 Å². The predicted molar refractivity (Wildman–Crippen MR) is 72.4 cm³/mol. The molecule has 0 radical (unpaired) electrons. The Bertz CT molecular complexity index is 307. The lowest BCUT2D eigenvalue weighted by molar-refractivity contribution is 0.683. The number of aryl methyl sites for hydroxylation is 2. The number of hydrogen-bond donors (Lipinski definition) is 2. The number of nitrogens with one attached hydrogen (secondary N) is 2. The summed E-state index contributed by atoms with van der Waals surface area (Å²) in [5.41, 5.74) is 2.68. The molecule has 0 saturated heterocycles. The first kappa shape index (κ1) is 13.5. The SMILES string of the molecule is CCCCCc1[nH]c(=S)[nH]c1CCCCC. The van der Waals surface area contributed by atoms with Crippen molar-refractivity contribution in [1.29, 1.82) is 0 Å². The Morgan fingerprint density at radius 1 is 0.812 bits per heavy atom. The van der Waals surface area contributed by atoms with E-state index >= 15 is 0 Å². The molecular formula is C13H24N2S. The fraction of sp³-hybridized carbons (Fsp3) is 0.769. The normalized spacial score (nSPS) is 10.9. The highest BCUT2D eigenvalue weighted by Gasteiger charge is 2.04. The molecule has 92 valence electrons. The second-order valence-electron chi connectivity index (χ2n) is 4.45. The van der Waals surface area contributed by atoms with Gasteiger partial charge in [-0.25, -0.2) is 0 Å². The van der Waals surface area contributed by atoms with Gasteiger partial charge in [0.2, 0.25) is 0 Å². The Kier molecular flexibility index (Phi) is 6.46. The fourth-order valence-corrected chi connectivity index (χ4v) is 2.23. The lowest BCUT2D eigenvalue weighted by Crippen LogP contribution is -1.94. The van der Waals surface area contributed by atoms with Crippen LogP contribution in [0.25, 0.3) is 0 Å². The van der Waals surface area contributed by atoms with E-state index in [-0.39, 0.29) is 0 Å². The molecule has 0 bridgehead atoms. The molecule has 0 atom stereocenters. The highest BCUT2D eigenvalue weighted by molar-refractivity contribution is 7.71. The van der Waals surface area contributed by atoms with Crippen LogP contribution in [0.1, 0.15) is 63.8 Å². The molecule has 16 heavy (non-hydrogen) atoms. The van der Waals surface area contributed by atoms with Gasteiger partial charge in [-0.1, -0.05) is 39.5 Å². The molecule has 0 aliphatic carbocycles. The van der Waals surface area contributed by atoms with Gasteiger partial charge in [-0.2, -0.15) is 0 Å². The Balaban J connectivity index is 2.50. The van der Waals surface area contributed by atoms with Crippen LogP contribution in [0, 0.1) is 4.77 Å². The van der Waals surface area contributed by atoms with Crippen LogP contribution >= 0.6 is 12.2 Å². The van der Waals surface area contributed by atoms with E-state index in [9.17, 15) is 0 Å². The maximum atomic E-state index is 5.17. The maximum Gasteiger partial charge on any atom is 0.174 e. The lowest BCUT2D eigenvalue weighted by atomic mass is 10.1. The van der Waals surface area contributed by atoms with E-state index in [0.29, 0.717) is 0 Å². The van der Waals surface area contributed by atoms with Gasteiger partial charge in [-0.3, -0.25) is 0 Å². The van der Waals surface area contributed by atoms with Gasteiger partial charge >= 0.3 is 0 Å². The molecule has 1 aromatic heterocycles. The van der Waals surface area contributed by atoms with Crippen LogP contribution in [0.15, 0.2) is 0 Å². The van der Waals surface area contributed by atoms with Crippen molar-refractivity contribution in [1.82, 2.24) is 9.97 Å². The molecule has 1 aromatic rings. The molecule has 0 spiro atoms.